The molecule has 0 N–H and O–H groups in total. The Balaban J connectivity index is 1.77. The van der Waals surface area contributed by atoms with E-state index in [9.17, 15) is 4.79 Å². The largest absolute Gasteiger partial charge is 0.472 e. The van der Waals surface area contributed by atoms with Crippen LogP contribution in [0.4, 0.5) is 0 Å². The SMILES string of the molecule is CN1CCC[C@H]1[C@H]1CCCN1C(=O)c1ccoc1. The fourth-order valence-corrected chi connectivity index (χ4v) is 3.42. The highest BCUT2D eigenvalue weighted by atomic mass is 16.3. The van der Waals surface area contributed by atoms with Gasteiger partial charge in [0.1, 0.15) is 6.26 Å². The van der Waals surface area contributed by atoms with E-state index in [0.717, 1.165) is 25.9 Å². The summed E-state index contributed by atoms with van der Waals surface area (Å²) in [5.74, 6) is 0.131. The van der Waals surface area contributed by atoms with E-state index in [1.165, 1.54) is 12.8 Å². The van der Waals surface area contributed by atoms with Crippen LogP contribution in [0, 0.1) is 0 Å². The van der Waals surface area contributed by atoms with Crippen LogP contribution >= 0.6 is 0 Å². The van der Waals surface area contributed by atoms with Crippen LogP contribution in [-0.4, -0.2) is 47.9 Å². The molecule has 2 fully saturated rings. The highest BCUT2D eigenvalue weighted by Gasteiger charge is 2.38. The molecule has 0 aromatic carbocycles. The van der Waals surface area contributed by atoms with Crippen LogP contribution in [0.15, 0.2) is 23.0 Å². The van der Waals surface area contributed by atoms with Crippen molar-refractivity contribution in [1.82, 2.24) is 9.80 Å². The first-order valence-electron chi connectivity index (χ1n) is 6.81. The number of rotatable bonds is 2. The van der Waals surface area contributed by atoms with E-state index in [1.54, 1.807) is 18.6 Å². The molecule has 4 heteroatoms. The molecule has 0 bridgehead atoms. The van der Waals surface area contributed by atoms with Crippen molar-refractivity contribution in [2.45, 2.75) is 37.8 Å². The smallest absolute Gasteiger partial charge is 0.257 e. The molecule has 2 aliphatic rings. The maximum Gasteiger partial charge on any atom is 0.257 e. The van der Waals surface area contributed by atoms with E-state index < -0.39 is 0 Å². The zero-order chi connectivity index (χ0) is 12.5. The summed E-state index contributed by atoms with van der Waals surface area (Å²) in [5.41, 5.74) is 0.683. The van der Waals surface area contributed by atoms with E-state index in [1.807, 2.05) is 0 Å². The van der Waals surface area contributed by atoms with Crippen LogP contribution in [0.1, 0.15) is 36.0 Å². The second-order valence-electron chi connectivity index (χ2n) is 5.41. The Labute approximate surface area is 108 Å². The summed E-state index contributed by atoms with van der Waals surface area (Å²) in [6, 6.07) is 2.69. The number of hydrogen-bond donors (Lipinski definition) is 0. The van der Waals surface area contributed by atoms with Crippen LogP contribution in [0.5, 0.6) is 0 Å². The van der Waals surface area contributed by atoms with Gasteiger partial charge in [-0.05, 0) is 45.3 Å². The molecule has 0 saturated carbocycles. The summed E-state index contributed by atoms with van der Waals surface area (Å²) < 4.78 is 5.02. The summed E-state index contributed by atoms with van der Waals surface area (Å²) in [4.78, 5) is 16.9. The highest BCUT2D eigenvalue weighted by Crippen LogP contribution is 2.30. The van der Waals surface area contributed by atoms with Gasteiger partial charge in [0, 0.05) is 18.6 Å². The topological polar surface area (TPSA) is 36.7 Å². The normalized spacial score (nSPS) is 29.1. The Morgan fingerprint density at radius 3 is 2.72 bits per heavy atom. The third-order valence-electron chi connectivity index (χ3n) is 4.35. The van der Waals surface area contributed by atoms with E-state index in [4.69, 9.17) is 4.42 Å². The molecule has 2 aliphatic heterocycles. The molecule has 18 heavy (non-hydrogen) atoms. The number of carbonyl (C=O) groups is 1. The summed E-state index contributed by atoms with van der Waals surface area (Å²) in [6.07, 6.45) is 7.86. The Bertz CT molecular complexity index is 415. The summed E-state index contributed by atoms with van der Waals surface area (Å²) in [5, 5.41) is 0. The molecule has 3 rings (SSSR count). The molecular formula is C14H20N2O2. The zero-order valence-electron chi connectivity index (χ0n) is 10.8. The second kappa shape index (κ2) is 4.76. The number of hydrogen-bond acceptors (Lipinski definition) is 3. The number of nitrogens with zero attached hydrogens (tertiary/aromatic N) is 2. The molecule has 0 radical (unpaired) electrons. The first-order chi connectivity index (χ1) is 8.77. The molecule has 1 aromatic heterocycles. The minimum Gasteiger partial charge on any atom is -0.472 e. The van der Waals surface area contributed by atoms with Crippen molar-refractivity contribution >= 4 is 5.91 Å². The fourth-order valence-electron chi connectivity index (χ4n) is 3.42. The maximum absolute atomic E-state index is 12.4. The summed E-state index contributed by atoms with van der Waals surface area (Å²) in [7, 11) is 2.18. The van der Waals surface area contributed by atoms with E-state index >= 15 is 0 Å². The molecule has 0 unspecified atom stereocenters. The third-order valence-corrected chi connectivity index (χ3v) is 4.35. The van der Waals surface area contributed by atoms with Gasteiger partial charge in [-0.25, -0.2) is 0 Å². The van der Waals surface area contributed by atoms with Gasteiger partial charge in [0.15, 0.2) is 0 Å². The predicted molar refractivity (Wildman–Crippen MR) is 68.4 cm³/mol. The quantitative estimate of drug-likeness (QED) is 0.803. The van der Waals surface area contributed by atoms with Crippen molar-refractivity contribution in [3.63, 3.8) is 0 Å². The number of carbonyl (C=O) groups excluding carboxylic acids is 1. The van der Waals surface area contributed by atoms with Crippen molar-refractivity contribution in [3.8, 4) is 0 Å². The first kappa shape index (κ1) is 11.8. The monoisotopic (exact) mass is 248 g/mol. The van der Waals surface area contributed by atoms with Crippen molar-refractivity contribution in [2.24, 2.45) is 0 Å². The molecular weight excluding hydrogens is 228 g/mol. The second-order valence-corrected chi connectivity index (χ2v) is 5.41. The van der Waals surface area contributed by atoms with Crippen LogP contribution in [0.2, 0.25) is 0 Å². The van der Waals surface area contributed by atoms with Gasteiger partial charge in [-0.2, -0.15) is 0 Å². The molecule has 98 valence electrons. The lowest BCUT2D eigenvalue weighted by Crippen LogP contribution is -2.47. The Morgan fingerprint density at radius 1 is 1.28 bits per heavy atom. The Kier molecular flexibility index (Phi) is 3.12. The van der Waals surface area contributed by atoms with E-state index in [-0.39, 0.29) is 5.91 Å². The number of likely N-dealkylation sites (N-methyl/N-ethyl adjacent to an activating group) is 1. The Hall–Kier alpha value is -1.29. The van der Waals surface area contributed by atoms with Crippen LogP contribution in [0.3, 0.4) is 0 Å². The minimum absolute atomic E-state index is 0.131. The van der Waals surface area contributed by atoms with E-state index in [0.29, 0.717) is 17.6 Å². The highest BCUT2D eigenvalue weighted by molar-refractivity contribution is 5.94. The maximum atomic E-state index is 12.4. The molecule has 0 spiro atoms. The number of likely N-dealkylation sites (tertiary alicyclic amines) is 2. The molecule has 1 amide bonds. The molecule has 1 aromatic rings. The zero-order valence-corrected chi connectivity index (χ0v) is 10.8. The van der Waals surface area contributed by atoms with Gasteiger partial charge >= 0.3 is 0 Å². The van der Waals surface area contributed by atoms with Gasteiger partial charge in [0.25, 0.3) is 5.91 Å². The van der Waals surface area contributed by atoms with Crippen molar-refractivity contribution in [1.29, 1.82) is 0 Å². The molecule has 0 aliphatic carbocycles. The van der Waals surface area contributed by atoms with Gasteiger partial charge < -0.3 is 14.2 Å². The van der Waals surface area contributed by atoms with Gasteiger partial charge in [0.2, 0.25) is 0 Å². The molecule has 3 heterocycles. The number of amides is 1. The Morgan fingerprint density at radius 2 is 2.06 bits per heavy atom. The van der Waals surface area contributed by atoms with Gasteiger partial charge in [-0.15, -0.1) is 0 Å². The van der Waals surface area contributed by atoms with E-state index in [2.05, 4.69) is 16.8 Å². The third kappa shape index (κ3) is 1.94. The first-order valence-corrected chi connectivity index (χ1v) is 6.81. The average Bonchev–Trinajstić information content (AvgIpc) is 3.09. The van der Waals surface area contributed by atoms with Gasteiger partial charge in [0.05, 0.1) is 11.8 Å². The predicted octanol–water partition coefficient (Wildman–Crippen LogP) is 1.98. The number of furan rings is 1. The lowest BCUT2D eigenvalue weighted by molar-refractivity contribution is 0.0664. The van der Waals surface area contributed by atoms with Crippen molar-refractivity contribution in [2.75, 3.05) is 20.1 Å². The molecule has 2 saturated heterocycles. The lowest BCUT2D eigenvalue weighted by atomic mass is 10.0. The summed E-state index contributed by atoms with van der Waals surface area (Å²) >= 11 is 0. The van der Waals surface area contributed by atoms with Crippen LogP contribution in [-0.2, 0) is 0 Å². The van der Waals surface area contributed by atoms with Crippen molar-refractivity contribution < 1.29 is 9.21 Å². The van der Waals surface area contributed by atoms with Crippen molar-refractivity contribution in [3.05, 3.63) is 24.2 Å². The van der Waals surface area contributed by atoms with Gasteiger partial charge in [-0.3, -0.25) is 4.79 Å². The lowest BCUT2D eigenvalue weighted by Gasteiger charge is -2.33. The molecule has 4 nitrogen and oxygen atoms in total. The van der Waals surface area contributed by atoms with Gasteiger partial charge in [-0.1, -0.05) is 0 Å². The summed E-state index contributed by atoms with van der Waals surface area (Å²) in [6.45, 7) is 2.05. The average molecular weight is 248 g/mol. The van der Waals surface area contributed by atoms with Crippen LogP contribution < -0.4 is 0 Å². The standard InChI is InChI=1S/C14H20N2O2/c1-15-7-2-4-12(15)13-5-3-8-16(13)14(17)11-6-9-18-10-11/h6,9-10,12-13H,2-5,7-8H2,1H3/t12-,13+/m0/s1. The van der Waals surface area contributed by atoms with Crippen LogP contribution in [0.25, 0.3) is 0 Å². The minimum atomic E-state index is 0.131. The molecule has 2 atom stereocenters. The fraction of sp³-hybridized carbons (Fsp3) is 0.643.